The predicted octanol–water partition coefficient (Wildman–Crippen LogP) is 4.31. The van der Waals surface area contributed by atoms with E-state index in [1.54, 1.807) is 25.2 Å². The molecule has 0 unspecified atom stereocenters. The third-order valence-electron chi connectivity index (χ3n) is 9.71. The smallest absolute Gasteiger partial charge is 0.271 e. The van der Waals surface area contributed by atoms with Crippen molar-refractivity contribution in [3.05, 3.63) is 41.7 Å². The van der Waals surface area contributed by atoms with Crippen LogP contribution in [0.4, 0.5) is 17.3 Å². The second-order valence-corrected chi connectivity index (χ2v) is 12.5. The molecule has 5 rings (SSSR count). The third kappa shape index (κ3) is 5.94. The number of rotatable bonds is 8. The quantitative estimate of drug-likeness (QED) is 0.507. The summed E-state index contributed by atoms with van der Waals surface area (Å²) in [4.78, 5) is 40.4. The fourth-order valence-corrected chi connectivity index (χ4v) is 6.53. The zero-order valence-electron chi connectivity index (χ0n) is 24.5. The number of nitrogens with one attached hydrogen (secondary N) is 1. The van der Waals surface area contributed by atoms with Gasteiger partial charge in [0.25, 0.3) is 5.91 Å². The van der Waals surface area contributed by atoms with E-state index < -0.39 is 5.91 Å². The van der Waals surface area contributed by atoms with E-state index in [9.17, 15) is 9.59 Å². The van der Waals surface area contributed by atoms with Gasteiger partial charge in [-0.25, -0.2) is 9.97 Å². The van der Waals surface area contributed by atoms with Crippen LogP contribution >= 0.6 is 0 Å². The highest BCUT2D eigenvalue weighted by Crippen LogP contribution is 2.38. The van der Waals surface area contributed by atoms with Crippen molar-refractivity contribution in [1.82, 2.24) is 19.8 Å². The normalized spacial score (nSPS) is 23.4. The number of carbonyl (C=O) groups excluding carboxylic acids is 2. The lowest BCUT2D eigenvalue weighted by Gasteiger charge is -2.45. The molecule has 1 aromatic carbocycles. The molecule has 1 aromatic heterocycles. The molecule has 1 saturated carbocycles. The summed E-state index contributed by atoms with van der Waals surface area (Å²) in [6, 6.07) is 9.44. The average Bonchev–Trinajstić information content (AvgIpc) is 2.90. The predicted molar refractivity (Wildman–Crippen MR) is 159 cm³/mol. The van der Waals surface area contributed by atoms with Gasteiger partial charge >= 0.3 is 0 Å². The van der Waals surface area contributed by atoms with Gasteiger partial charge in [0.2, 0.25) is 5.91 Å². The van der Waals surface area contributed by atoms with Crippen LogP contribution in [0.25, 0.3) is 0 Å². The van der Waals surface area contributed by atoms with Gasteiger partial charge < -0.3 is 25.8 Å². The fraction of sp³-hybridized carbons (Fsp3) is 0.613. The number of carbonyl (C=O) groups is 2. The molecule has 3 heterocycles. The van der Waals surface area contributed by atoms with Crippen molar-refractivity contribution in [3.63, 3.8) is 0 Å². The van der Waals surface area contributed by atoms with E-state index in [0.29, 0.717) is 18.1 Å². The van der Waals surface area contributed by atoms with Crippen LogP contribution in [0.5, 0.6) is 0 Å². The summed E-state index contributed by atoms with van der Waals surface area (Å²) >= 11 is 0. The maximum atomic E-state index is 12.4. The minimum absolute atomic E-state index is 0.118. The molecule has 2 aromatic rings. The van der Waals surface area contributed by atoms with Crippen LogP contribution in [0.15, 0.2) is 30.5 Å². The molecule has 2 amide bonds. The minimum Gasteiger partial charge on any atom is -0.364 e. The van der Waals surface area contributed by atoms with Gasteiger partial charge in [-0.3, -0.25) is 9.59 Å². The Kier molecular flexibility index (Phi) is 8.31. The summed E-state index contributed by atoms with van der Waals surface area (Å²) in [6.45, 7) is 7.69. The number of benzene rings is 1. The summed E-state index contributed by atoms with van der Waals surface area (Å²) in [5.74, 6) is 0.787. The van der Waals surface area contributed by atoms with Crippen LogP contribution in [0.3, 0.4) is 0 Å². The molecule has 1 aliphatic carbocycles. The molecule has 9 nitrogen and oxygen atoms in total. The second-order valence-electron chi connectivity index (χ2n) is 12.5. The van der Waals surface area contributed by atoms with E-state index >= 15 is 0 Å². The molecule has 0 spiro atoms. The average molecular weight is 548 g/mol. The van der Waals surface area contributed by atoms with Crippen LogP contribution in [0.1, 0.15) is 81.3 Å². The summed E-state index contributed by atoms with van der Waals surface area (Å²) in [5.41, 5.74) is 8.15. The molecule has 3 N–H and O–H groups in total. The number of anilines is 3. The Morgan fingerprint density at radius 3 is 2.38 bits per heavy atom. The highest BCUT2D eigenvalue weighted by Gasteiger charge is 2.36. The highest BCUT2D eigenvalue weighted by atomic mass is 16.2. The lowest BCUT2D eigenvalue weighted by molar-refractivity contribution is -0.130. The Hall–Kier alpha value is -3.20. The van der Waals surface area contributed by atoms with Crippen LogP contribution in [0.2, 0.25) is 0 Å². The molecule has 3 fully saturated rings. The van der Waals surface area contributed by atoms with Crippen molar-refractivity contribution in [2.24, 2.45) is 11.7 Å². The lowest BCUT2D eigenvalue weighted by atomic mass is 9.73. The number of likely N-dealkylation sites (tertiary alicyclic amines) is 1. The number of piperidine rings is 2. The minimum atomic E-state index is -0.620. The molecule has 0 radical (unpaired) electrons. The number of amides is 2. The van der Waals surface area contributed by atoms with Crippen LogP contribution in [-0.2, 0) is 10.2 Å². The van der Waals surface area contributed by atoms with Gasteiger partial charge in [-0.2, -0.15) is 0 Å². The van der Waals surface area contributed by atoms with Crippen molar-refractivity contribution in [3.8, 4) is 0 Å². The number of hydrogen-bond acceptors (Lipinski definition) is 7. The van der Waals surface area contributed by atoms with Crippen molar-refractivity contribution in [2.45, 2.75) is 82.7 Å². The summed E-state index contributed by atoms with van der Waals surface area (Å²) in [6.07, 6.45) is 10.5. The van der Waals surface area contributed by atoms with Crippen LogP contribution < -0.4 is 16.0 Å². The van der Waals surface area contributed by atoms with E-state index in [-0.39, 0.29) is 29.0 Å². The third-order valence-corrected chi connectivity index (χ3v) is 9.71. The van der Waals surface area contributed by atoms with Gasteiger partial charge in [0.05, 0.1) is 6.20 Å². The lowest BCUT2D eigenvalue weighted by Crippen LogP contribution is -2.48. The standard InChI is InChI=1S/C31H45N7O2/c1-21-22(19-27(39)36(3)4)7-6-16-38(21)26-20-33-28(29(32)40)30(35-26)34-24-12-10-23(11-13-24)31(2)14-17-37(18-15-31)25-8-5-9-25/h10-13,20-22,25H,5-9,14-19H2,1-4H3,(H2,32,40)(H,34,35)/t21-,22+/m1/s1. The van der Waals surface area contributed by atoms with Gasteiger partial charge in [0.15, 0.2) is 11.5 Å². The first-order valence-electron chi connectivity index (χ1n) is 14.9. The maximum Gasteiger partial charge on any atom is 0.271 e. The molecule has 0 bridgehead atoms. The number of nitrogens with zero attached hydrogens (tertiary/aromatic N) is 5. The Labute approximate surface area is 238 Å². The molecule has 2 aliphatic heterocycles. The van der Waals surface area contributed by atoms with Crippen molar-refractivity contribution < 1.29 is 9.59 Å². The van der Waals surface area contributed by atoms with Crippen LogP contribution in [0, 0.1) is 5.92 Å². The molecule has 2 atom stereocenters. The Morgan fingerprint density at radius 2 is 1.77 bits per heavy atom. The zero-order chi connectivity index (χ0) is 28.4. The fourth-order valence-electron chi connectivity index (χ4n) is 6.53. The number of nitrogens with two attached hydrogens (primary N) is 1. The molecule has 3 aliphatic rings. The molecule has 2 saturated heterocycles. The largest absolute Gasteiger partial charge is 0.364 e. The van der Waals surface area contributed by atoms with Crippen molar-refractivity contribution >= 4 is 29.1 Å². The monoisotopic (exact) mass is 547 g/mol. The van der Waals surface area contributed by atoms with Gasteiger partial charge in [0, 0.05) is 44.8 Å². The van der Waals surface area contributed by atoms with Crippen molar-refractivity contribution in [2.75, 3.05) is 43.9 Å². The molecule has 216 valence electrons. The van der Waals surface area contributed by atoms with Gasteiger partial charge in [-0.05, 0) is 87.6 Å². The number of hydrogen-bond donors (Lipinski definition) is 2. The van der Waals surface area contributed by atoms with E-state index in [1.165, 1.54) is 50.8 Å². The first-order chi connectivity index (χ1) is 19.1. The summed E-state index contributed by atoms with van der Waals surface area (Å²) < 4.78 is 0. The maximum absolute atomic E-state index is 12.4. The Balaban J connectivity index is 1.30. The van der Waals surface area contributed by atoms with Gasteiger partial charge in [0.1, 0.15) is 5.82 Å². The van der Waals surface area contributed by atoms with E-state index in [1.807, 2.05) is 0 Å². The number of primary amides is 1. The van der Waals surface area contributed by atoms with Gasteiger partial charge in [-0.15, -0.1) is 0 Å². The van der Waals surface area contributed by atoms with Gasteiger partial charge in [-0.1, -0.05) is 25.5 Å². The zero-order valence-corrected chi connectivity index (χ0v) is 24.5. The van der Waals surface area contributed by atoms with Crippen molar-refractivity contribution in [1.29, 1.82) is 0 Å². The molecule has 40 heavy (non-hydrogen) atoms. The Morgan fingerprint density at radius 1 is 1.07 bits per heavy atom. The second kappa shape index (κ2) is 11.7. The highest BCUT2D eigenvalue weighted by molar-refractivity contribution is 5.96. The topological polar surface area (TPSA) is 108 Å². The summed E-state index contributed by atoms with van der Waals surface area (Å²) in [5, 5.41) is 3.32. The molecular weight excluding hydrogens is 502 g/mol. The Bertz CT molecular complexity index is 1200. The van der Waals surface area contributed by atoms with E-state index in [0.717, 1.165) is 31.1 Å². The first-order valence-corrected chi connectivity index (χ1v) is 14.9. The first kappa shape index (κ1) is 28.3. The number of aromatic nitrogens is 2. The molecular formula is C31H45N7O2. The van der Waals surface area contributed by atoms with Crippen LogP contribution in [-0.4, -0.2) is 77.4 Å². The van der Waals surface area contributed by atoms with E-state index in [4.69, 9.17) is 10.7 Å². The van der Waals surface area contributed by atoms with E-state index in [2.05, 4.69) is 58.2 Å². The molecule has 9 heteroatoms. The SMILES string of the molecule is C[C@@H]1[C@H](CC(=O)N(C)C)CCCN1c1cnc(C(N)=O)c(Nc2ccc(C3(C)CCN(C4CCC4)CC3)cc2)n1. The summed E-state index contributed by atoms with van der Waals surface area (Å²) in [7, 11) is 3.59.